The predicted octanol–water partition coefficient (Wildman–Crippen LogP) is 2.00. The van der Waals surface area contributed by atoms with E-state index < -0.39 is 10.0 Å². The van der Waals surface area contributed by atoms with Gasteiger partial charge in [-0.3, -0.25) is 0 Å². The minimum Gasteiger partial charge on any atom is -0.215 e. The average molecular weight is 209 g/mol. The van der Waals surface area contributed by atoms with Crippen molar-refractivity contribution >= 4 is 10.0 Å². The van der Waals surface area contributed by atoms with Crippen molar-refractivity contribution in [2.24, 2.45) is 5.92 Å². The van der Waals surface area contributed by atoms with E-state index in [1.54, 1.807) is 0 Å². The number of hydrogen-bond acceptors (Lipinski definition) is 2. The van der Waals surface area contributed by atoms with Crippen molar-refractivity contribution < 1.29 is 8.42 Å². The van der Waals surface area contributed by atoms with E-state index in [0.29, 0.717) is 18.2 Å². The second-order valence-electron chi connectivity index (χ2n) is 2.57. The molecule has 0 saturated carbocycles. The second-order valence-corrected chi connectivity index (χ2v) is 4.42. The molecule has 0 spiro atoms. The third kappa shape index (κ3) is 8.25. The summed E-state index contributed by atoms with van der Waals surface area (Å²) in [5.41, 5.74) is 0. The first kappa shape index (κ1) is 15.4. The summed E-state index contributed by atoms with van der Waals surface area (Å²) in [5.74, 6) is 0.628. The van der Waals surface area contributed by atoms with E-state index in [4.69, 9.17) is 0 Å². The lowest BCUT2D eigenvalue weighted by molar-refractivity contribution is 0.505. The van der Waals surface area contributed by atoms with Gasteiger partial charge in [-0.1, -0.05) is 34.6 Å². The highest BCUT2D eigenvalue weighted by molar-refractivity contribution is 7.89. The molecule has 1 unspecified atom stereocenters. The van der Waals surface area contributed by atoms with E-state index >= 15 is 0 Å². The highest BCUT2D eigenvalue weighted by Crippen LogP contribution is 2.08. The molecule has 0 amide bonds. The van der Waals surface area contributed by atoms with E-state index in [0.717, 1.165) is 6.42 Å². The van der Waals surface area contributed by atoms with Gasteiger partial charge < -0.3 is 0 Å². The summed E-state index contributed by atoms with van der Waals surface area (Å²) in [6.07, 6.45) is 0.971. The van der Waals surface area contributed by atoms with Crippen LogP contribution in [-0.2, 0) is 10.0 Å². The van der Waals surface area contributed by atoms with E-state index in [1.807, 2.05) is 34.6 Å². The summed E-state index contributed by atoms with van der Waals surface area (Å²) >= 11 is 0. The molecule has 0 aromatic rings. The molecular weight excluding hydrogens is 186 g/mol. The van der Waals surface area contributed by atoms with Gasteiger partial charge >= 0.3 is 0 Å². The predicted molar refractivity (Wildman–Crippen MR) is 58.3 cm³/mol. The molecule has 1 rings (SSSR count). The molecule has 0 aromatic carbocycles. The van der Waals surface area contributed by atoms with Gasteiger partial charge in [0.2, 0.25) is 10.0 Å². The van der Waals surface area contributed by atoms with Crippen molar-refractivity contribution in [2.75, 3.05) is 12.3 Å². The van der Waals surface area contributed by atoms with Crippen molar-refractivity contribution in [1.29, 1.82) is 0 Å². The van der Waals surface area contributed by atoms with E-state index in [1.165, 1.54) is 0 Å². The molecule has 1 atom stereocenters. The molecule has 4 heteroatoms. The van der Waals surface area contributed by atoms with Crippen LogP contribution in [0, 0.1) is 5.92 Å². The average Bonchev–Trinajstić information content (AvgIpc) is 2.09. The van der Waals surface area contributed by atoms with Crippen molar-refractivity contribution in [3.05, 3.63) is 0 Å². The Kier molecular flexibility index (Phi) is 10.1. The molecule has 3 nitrogen and oxygen atoms in total. The van der Waals surface area contributed by atoms with Gasteiger partial charge in [-0.2, -0.15) is 0 Å². The van der Waals surface area contributed by atoms with Crippen LogP contribution in [0.2, 0.25) is 0 Å². The fraction of sp³-hybridized carbons (Fsp3) is 1.00. The van der Waals surface area contributed by atoms with Gasteiger partial charge in [0, 0.05) is 6.54 Å². The van der Waals surface area contributed by atoms with Gasteiger partial charge in [0.15, 0.2) is 0 Å². The summed E-state index contributed by atoms with van der Waals surface area (Å²) in [6.45, 7) is 10.6. The third-order valence-electron chi connectivity index (χ3n) is 1.46. The Morgan fingerprint density at radius 3 is 1.85 bits per heavy atom. The minimum absolute atomic E-state index is 0.299. The zero-order valence-corrected chi connectivity index (χ0v) is 10.2. The van der Waals surface area contributed by atoms with Crippen molar-refractivity contribution in [1.82, 2.24) is 4.72 Å². The summed E-state index contributed by atoms with van der Waals surface area (Å²) in [4.78, 5) is 0. The maximum absolute atomic E-state index is 10.7. The van der Waals surface area contributed by atoms with Gasteiger partial charge in [-0.05, 0) is 12.3 Å². The Hall–Kier alpha value is -0.0900. The molecule has 0 bridgehead atoms. The van der Waals surface area contributed by atoms with Crippen LogP contribution in [0.15, 0.2) is 0 Å². The Bertz CT molecular complexity index is 188. The lowest BCUT2D eigenvalue weighted by atomic mass is 10.1. The van der Waals surface area contributed by atoms with Crippen LogP contribution in [0.25, 0.3) is 0 Å². The zero-order valence-electron chi connectivity index (χ0n) is 9.42. The number of sulfonamides is 1. The Labute approximate surface area is 83.0 Å². The zero-order chi connectivity index (χ0) is 10.9. The molecule has 0 aromatic heterocycles. The molecular formula is C9H23NO2S. The number of rotatable bonds is 0. The monoisotopic (exact) mass is 209 g/mol. The molecule has 1 aliphatic rings. The summed E-state index contributed by atoms with van der Waals surface area (Å²) < 4.78 is 24.0. The first-order chi connectivity index (χ1) is 6.10. The third-order valence-corrected chi connectivity index (χ3v) is 3.11. The molecule has 0 aliphatic carbocycles. The summed E-state index contributed by atoms with van der Waals surface area (Å²) in [5, 5.41) is 0. The lowest BCUT2D eigenvalue weighted by Crippen LogP contribution is -2.36. The smallest absolute Gasteiger partial charge is 0.211 e. The van der Waals surface area contributed by atoms with Crippen LogP contribution in [0.5, 0.6) is 0 Å². The van der Waals surface area contributed by atoms with E-state index in [9.17, 15) is 8.42 Å². The lowest BCUT2D eigenvalue weighted by Gasteiger charge is -2.18. The summed E-state index contributed by atoms with van der Waals surface area (Å²) in [7, 11) is -2.88. The van der Waals surface area contributed by atoms with Crippen LogP contribution in [-0.4, -0.2) is 20.7 Å². The summed E-state index contributed by atoms with van der Waals surface area (Å²) in [6, 6.07) is 0. The Balaban J connectivity index is 0. The molecule has 1 heterocycles. The minimum atomic E-state index is -2.88. The van der Waals surface area contributed by atoms with Gasteiger partial charge in [-0.15, -0.1) is 0 Å². The molecule has 1 fully saturated rings. The normalized spacial score (nSPS) is 24.5. The van der Waals surface area contributed by atoms with Crippen molar-refractivity contribution in [3.63, 3.8) is 0 Å². The molecule has 1 saturated heterocycles. The fourth-order valence-corrected chi connectivity index (χ4v) is 2.44. The Morgan fingerprint density at radius 2 is 1.62 bits per heavy atom. The molecule has 82 valence electrons. The van der Waals surface area contributed by atoms with Crippen LogP contribution < -0.4 is 4.72 Å². The van der Waals surface area contributed by atoms with Crippen LogP contribution >= 0.6 is 0 Å². The Morgan fingerprint density at radius 1 is 1.15 bits per heavy atom. The fourth-order valence-electron chi connectivity index (χ4n) is 0.978. The highest BCUT2D eigenvalue weighted by Gasteiger charge is 2.19. The van der Waals surface area contributed by atoms with Gasteiger partial charge in [0.05, 0.1) is 5.75 Å². The van der Waals surface area contributed by atoms with Gasteiger partial charge in [0.25, 0.3) is 0 Å². The maximum atomic E-state index is 10.7. The quantitative estimate of drug-likeness (QED) is 0.663. The number of nitrogens with one attached hydrogen (secondary N) is 1. The van der Waals surface area contributed by atoms with Crippen LogP contribution in [0.3, 0.4) is 0 Å². The highest BCUT2D eigenvalue weighted by atomic mass is 32.2. The van der Waals surface area contributed by atoms with Crippen LogP contribution in [0.1, 0.15) is 41.0 Å². The topological polar surface area (TPSA) is 46.2 Å². The molecule has 1 N–H and O–H groups in total. The van der Waals surface area contributed by atoms with Crippen molar-refractivity contribution in [3.8, 4) is 0 Å². The van der Waals surface area contributed by atoms with Gasteiger partial charge in [0.1, 0.15) is 0 Å². The van der Waals surface area contributed by atoms with E-state index in [-0.39, 0.29) is 0 Å². The molecule has 13 heavy (non-hydrogen) atoms. The SMILES string of the molecule is CC.CC.CC1CCNS(=O)(=O)C1. The largest absolute Gasteiger partial charge is 0.215 e. The second kappa shape index (κ2) is 8.51. The van der Waals surface area contributed by atoms with Crippen LogP contribution in [0.4, 0.5) is 0 Å². The first-order valence-electron chi connectivity index (χ1n) is 5.07. The first-order valence-corrected chi connectivity index (χ1v) is 6.73. The van der Waals surface area contributed by atoms with Gasteiger partial charge in [-0.25, -0.2) is 13.1 Å². The van der Waals surface area contributed by atoms with Crippen molar-refractivity contribution in [2.45, 2.75) is 41.0 Å². The molecule has 0 radical (unpaired) electrons. The number of hydrogen-bond donors (Lipinski definition) is 1. The van der Waals surface area contributed by atoms with E-state index in [2.05, 4.69) is 4.72 Å². The maximum Gasteiger partial charge on any atom is 0.211 e. The molecule has 1 aliphatic heterocycles. The standard InChI is InChI=1S/C5H11NO2S.2C2H6/c1-5-2-3-6-9(7,8)4-5;2*1-2/h5-6H,2-4H2,1H3;2*1-2H3.